The molecule has 1 fully saturated rings. The van der Waals surface area contributed by atoms with E-state index in [1.165, 1.54) is 22.4 Å². The van der Waals surface area contributed by atoms with Crippen molar-refractivity contribution in [3.8, 4) is 0 Å². The van der Waals surface area contributed by atoms with Gasteiger partial charge in [0, 0.05) is 32.5 Å². The summed E-state index contributed by atoms with van der Waals surface area (Å²) in [5.41, 5.74) is -2.69. The molecule has 1 saturated heterocycles. The van der Waals surface area contributed by atoms with Crippen molar-refractivity contribution in [2.24, 2.45) is 0 Å². The van der Waals surface area contributed by atoms with Gasteiger partial charge in [0.05, 0.1) is 6.20 Å². The van der Waals surface area contributed by atoms with E-state index in [-0.39, 0.29) is 19.0 Å². The number of hydrogen-bond donors (Lipinski definition) is 2. The van der Waals surface area contributed by atoms with E-state index in [0.717, 1.165) is 0 Å². The van der Waals surface area contributed by atoms with Crippen LogP contribution in [-0.4, -0.2) is 52.3 Å². The molecule has 118 valence electrons. The molecule has 2 rings (SSSR count). The van der Waals surface area contributed by atoms with Crippen LogP contribution in [0.25, 0.3) is 0 Å². The third-order valence-corrected chi connectivity index (χ3v) is 4.39. The van der Waals surface area contributed by atoms with Gasteiger partial charge in [0.1, 0.15) is 4.88 Å². The van der Waals surface area contributed by atoms with Crippen molar-refractivity contribution >= 4 is 22.4 Å². The summed E-state index contributed by atoms with van der Waals surface area (Å²) in [5.74, 6) is -0.346. The Balaban J connectivity index is 2.00. The minimum Gasteiger partial charge on any atom is -0.380 e. The fraction of sp³-hybridized carbons (Fsp3) is 0.667. The van der Waals surface area contributed by atoms with E-state index in [1.807, 2.05) is 6.92 Å². The van der Waals surface area contributed by atoms with Crippen molar-refractivity contribution in [3.63, 3.8) is 0 Å². The second-order valence-electron chi connectivity index (χ2n) is 4.88. The minimum atomic E-state index is -4.66. The number of rotatable bonds is 3. The minimum absolute atomic E-state index is 0.122. The van der Waals surface area contributed by atoms with Crippen LogP contribution in [0.5, 0.6) is 0 Å². The number of amides is 1. The maximum Gasteiger partial charge on any atom is 0.417 e. The summed E-state index contributed by atoms with van der Waals surface area (Å²) in [4.78, 5) is 17.9. The number of nitrogens with one attached hydrogen (secondary N) is 1. The van der Waals surface area contributed by atoms with E-state index in [1.54, 1.807) is 0 Å². The molecule has 1 aromatic rings. The summed E-state index contributed by atoms with van der Waals surface area (Å²) in [5, 5.41) is 13.1. The van der Waals surface area contributed by atoms with Crippen molar-refractivity contribution in [1.82, 2.24) is 9.88 Å². The van der Waals surface area contributed by atoms with Crippen LogP contribution in [0.3, 0.4) is 0 Å². The normalized spacial score (nSPS) is 18.6. The highest BCUT2D eigenvalue weighted by molar-refractivity contribution is 7.17. The van der Waals surface area contributed by atoms with Gasteiger partial charge in [-0.05, 0) is 6.92 Å². The van der Waals surface area contributed by atoms with Gasteiger partial charge in [-0.2, -0.15) is 13.2 Å². The van der Waals surface area contributed by atoms with Crippen LogP contribution >= 0.6 is 11.3 Å². The first-order chi connectivity index (χ1) is 9.77. The SMILES string of the molecule is CCNc1ncc(C(=O)N2CCC(O)(C(F)(F)F)CC2)s1. The van der Waals surface area contributed by atoms with Crippen LogP contribution < -0.4 is 5.32 Å². The van der Waals surface area contributed by atoms with Crippen LogP contribution in [0.4, 0.5) is 18.3 Å². The lowest BCUT2D eigenvalue weighted by Gasteiger charge is -2.38. The summed E-state index contributed by atoms with van der Waals surface area (Å²) >= 11 is 1.17. The number of nitrogens with zero attached hydrogens (tertiary/aromatic N) is 2. The van der Waals surface area contributed by atoms with Crippen molar-refractivity contribution in [2.45, 2.75) is 31.5 Å². The monoisotopic (exact) mass is 323 g/mol. The number of likely N-dealkylation sites (tertiary alicyclic amines) is 1. The fourth-order valence-corrected chi connectivity index (χ4v) is 2.98. The summed E-state index contributed by atoms with van der Waals surface area (Å²) in [6.45, 7) is 2.32. The second kappa shape index (κ2) is 5.80. The number of aliphatic hydroxyl groups is 1. The van der Waals surface area contributed by atoms with Gasteiger partial charge in [0.2, 0.25) is 0 Å². The Labute approximate surface area is 123 Å². The average Bonchev–Trinajstić information content (AvgIpc) is 2.87. The van der Waals surface area contributed by atoms with E-state index in [2.05, 4.69) is 10.3 Å². The quantitative estimate of drug-likeness (QED) is 0.894. The maximum absolute atomic E-state index is 12.7. The number of carbonyl (C=O) groups is 1. The van der Waals surface area contributed by atoms with E-state index in [0.29, 0.717) is 16.6 Å². The standard InChI is InChI=1S/C12H16F3N3O2S/c1-2-16-10-17-7-8(21-10)9(19)18-5-3-11(20,4-6-18)12(13,14)15/h7,20H,2-6H2,1H3,(H,16,17). The molecular formula is C12H16F3N3O2S. The van der Waals surface area contributed by atoms with Crippen LogP contribution in [0, 0.1) is 0 Å². The molecule has 0 saturated carbocycles. The molecule has 0 unspecified atom stereocenters. The Hall–Kier alpha value is -1.35. The van der Waals surface area contributed by atoms with Gasteiger partial charge in [-0.15, -0.1) is 0 Å². The smallest absolute Gasteiger partial charge is 0.380 e. The van der Waals surface area contributed by atoms with E-state index >= 15 is 0 Å². The van der Waals surface area contributed by atoms with E-state index in [9.17, 15) is 23.1 Å². The Kier molecular flexibility index (Phi) is 4.43. The Morgan fingerprint density at radius 1 is 1.52 bits per heavy atom. The van der Waals surface area contributed by atoms with Crippen LogP contribution in [-0.2, 0) is 0 Å². The lowest BCUT2D eigenvalue weighted by atomic mass is 9.91. The van der Waals surface area contributed by atoms with E-state index in [4.69, 9.17) is 0 Å². The predicted molar refractivity (Wildman–Crippen MR) is 72.4 cm³/mol. The van der Waals surface area contributed by atoms with Gasteiger partial charge in [0.15, 0.2) is 10.7 Å². The van der Waals surface area contributed by atoms with Crippen molar-refractivity contribution in [1.29, 1.82) is 0 Å². The Bertz CT molecular complexity index is 510. The zero-order valence-corrected chi connectivity index (χ0v) is 12.2. The number of carbonyl (C=O) groups excluding carboxylic acids is 1. The zero-order chi connectivity index (χ0) is 15.7. The van der Waals surface area contributed by atoms with Gasteiger partial charge in [0.25, 0.3) is 5.91 Å². The third-order valence-electron chi connectivity index (χ3n) is 3.45. The van der Waals surface area contributed by atoms with Crippen LogP contribution in [0.15, 0.2) is 6.20 Å². The van der Waals surface area contributed by atoms with Crippen molar-refractivity contribution in [3.05, 3.63) is 11.1 Å². The second-order valence-corrected chi connectivity index (χ2v) is 5.91. The number of halogens is 3. The van der Waals surface area contributed by atoms with Crippen LogP contribution in [0.1, 0.15) is 29.4 Å². The first-order valence-electron chi connectivity index (χ1n) is 6.55. The van der Waals surface area contributed by atoms with E-state index < -0.39 is 24.6 Å². The topological polar surface area (TPSA) is 65.5 Å². The molecule has 9 heteroatoms. The lowest BCUT2D eigenvalue weighted by Crippen LogP contribution is -2.54. The zero-order valence-electron chi connectivity index (χ0n) is 11.4. The summed E-state index contributed by atoms with van der Waals surface area (Å²) in [6, 6.07) is 0. The van der Waals surface area contributed by atoms with Gasteiger partial charge < -0.3 is 15.3 Å². The predicted octanol–water partition coefficient (Wildman–Crippen LogP) is 2.10. The Morgan fingerprint density at radius 2 is 2.14 bits per heavy atom. The number of piperidine rings is 1. The van der Waals surface area contributed by atoms with Gasteiger partial charge >= 0.3 is 6.18 Å². The number of thiazole rings is 1. The number of alkyl halides is 3. The molecule has 0 bridgehead atoms. The first-order valence-corrected chi connectivity index (χ1v) is 7.36. The molecule has 0 atom stereocenters. The first kappa shape index (κ1) is 16.0. The third kappa shape index (κ3) is 3.29. The molecular weight excluding hydrogens is 307 g/mol. The lowest BCUT2D eigenvalue weighted by molar-refractivity contribution is -0.271. The molecule has 21 heavy (non-hydrogen) atoms. The highest BCUT2D eigenvalue weighted by atomic mass is 32.1. The molecule has 1 aliphatic rings. The molecule has 1 aromatic heterocycles. The van der Waals surface area contributed by atoms with Gasteiger partial charge in [-0.3, -0.25) is 4.79 Å². The summed E-state index contributed by atoms with van der Waals surface area (Å²) < 4.78 is 38.1. The van der Waals surface area contributed by atoms with Crippen molar-refractivity contribution < 1.29 is 23.1 Å². The maximum atomic E-state index is 12.7. The highest BCUT2D eigenvalue weighted by Gasteiger charge is 2.54. The van der Waals surface area contributed by atoms with Crippen LogP contribution in [0.2, 0.25) is 0 Å². The molecule has 0 aromatic carbocycles. The molecule has 5 nitrogen and oxygen atoms in total. The number of aromatic nitrogens is 1. The molecule has 1 aliphatic heterocycles. The van der Waals surface area contributed by atoms with Crippen molar-refractivity contribution in [2.75, 3.05) is 25.0 Å². The molecule has 0 radical (unpaired) electrons. The Morgan fingerprint density at radius 3 is 2.67 bits per heavy atom. The molecule has 0 aliphatic carbocycles. The summed E-state index contributed by atoms with van der Waals surface area (Å²) in [7, 11) is 0. The fourth-order valence-electron chi connectivity index (χ4n) is 2.12. The molecule has 2 heterocycles. The van der Waals surface area contributed by atoms with Gasteiger partial charge in [-0.1, -0.05) is 11.3 Å². The summed E-state index contributed by atoms with van der Waals surface area (Å²) in [6.07, 6.45) is -4.25. The molecule has 2 N–H and O–H groups in total. The molecule has 0 spiro atoms. The largest absolute Gasteiger partial charge is 0.417 e. The highest BCUT2D eigenvalue weighted by Crippen LogP contribution is 2.38. The average molecular weight is 323 g/mol. The van der Waals surface area contributed by atoms with Gasteiger partial charge in [-0.25, -0.2) is 4.98 Å². The molecule has 1 amide bonds. The number of hydrogen-bond acceptors (Lipinski definition) is 5. The number of anilines is 1.